The van der Waals surface area contributed by atoms with Gasteiger partial charge in [0.15, 0.2) is 6.61 Å². The number of rotatable bonds is 4. The molecule has 0 atom stereocenters. The third-order valence-corrected chi connectivity index (χ3v) is 4.42. The van der Waals surface area contributed by atoms with E-state index in [2.05, 4.69) is 4.98 Å². The zero-order valence-electron chi connectivity index (χ0n) is 14.4. The summed E-state index contributed by atoms with van der Waals surface area (Å²) in [6.45, 7) is 3.67. The molecule has 3 rings (SSSR count). The summed E-state index contributed by atoms with van der Waals surface area (Å²) in [5, 5.41) is 0.864. The predicted molar refractivity (Wildman–Crippen MR) is 93.6 cm³/mol. The van der Waals surface area contributed by atoms with Crippen LogP contribution in [0.15, 0.2) is 24.3 Å². The van der Waals surface area contributed by atoms with Crippen LogP contribution in [-0.2, 0) is 4.79 Å². The van der Waals surface area contributed by atoms with Crippen LogP contribution in [0.5, 0.6) is 11.5 Å². The standard InChI is InChI=1S/C19H24N2O3/c1-14-11-18(16-12-15(23-2)7-8-17(16)20-14)24-13-19(22)21-9-5-3-4-6-10-21/h7-8,11-12H,3-6,9-10,13H2,1-2H3. The number of pyridine rings is 1. The van der Waals surface area contributed by atoms with Gasteiger partial charge in [0.2, 0.25) is 0 Å². The molecule has 0 radical (unpaired) electrons. The van der Waals surface area contributed by atoms with Crippen molar-refractivity contribution < 1.29 is 14.3 Å². The lowest BCUT2D eigenvalue weighted by atomic mass is 10.1. The topological polar surface area (TPSA) is 51.7 Å². The number of aryl methyl sites for hydroxylation is 1. The first-order valence-corrected chi connectivity index (χ1v) is 8.53. The van der Waals surface area contributed by atoms with Gasteiger partial charge in [0.05, 0.1) is 12.6 Å². The van der Waals surface area contributed by atoms with E-state index in [1.165, 1.54) is 12.8 Å². The summed E-state index contributed by atoms with van der Waals surface area (Å²) in [5.41, 5.74) is 1.71. The molecule has 1 saturated heterocycles. The molecule has 1 amide bonds. The molecule has 1 aromatic heterocycles. The molecule has 1 fully saturated rings. The summed E-state index contributed by atoms with van der Waals surface area (Å²) >= 11 is 0. The van der Waals surface area contributed by atoms with Crippen molar-refractivity contribution in [2.45, 2.75) is 32.6 Å². The van der Waals surface area contributed by atoms with Gasteiger partial charge in [-0.25, -0.2) is 0 Å². The molecule has 2 aromatic rings. The average molecular weight is 328 g/mol. The maximum absolute atomic E-state index is 12.4. The number of benzene rings is 1. The van der Waals surface area contributed by atoms with E-state index in [-0.39, 0.29) is 12.5 Å². The van der Waals surface area contributed by atoms with E-state index in [0.29, 0.717) is 5.75 Å². The highest BCUT2D eigenvalue weighted by atomic mass is 16.5. The SMILES string of the molecule is COc1ccc2nc(C)cc(OCC(=O)N3CCCCCC3)c2c1. The van der Waals surface area contributed by atoms with Gasteiger partial charge in [0.1, 0.15) is 11.5 Å². The molecule has 2 heterocycles. The quantitative estimate of drug-likeness (QED) is 0.864. The van der Waals surface area contributed by atoms with E-state index >= 15 is 0 Å². The molecule has 1 aliphatic rings. The van der Waals surface area contributed by atoms with Crippen molar-refractivity contribution in [1.29, 1.82) is 0 Å². The second-order valence-electron chi connectivity index (χ2n) is 6.23. The third kappa shape index (κ3) is 3.78. The van der Waals surface area contributed by atoms with Crippen LogP contribution in [0.2, 0.25) is 0 Å². The van der Waals surface area contributed by atoms with Crippen molar-refractivity contribution >= 4 is 16.8 Å². The second-order valence-corrected chi connectivity index (χ2v) is 6.23. The van der Waals surface area contributed by atoms with Crippen molar-refractivity contribution in [3.63, 3.8) is 0 Å². The van der Waals surface area contributed by atoms with Gasteiger partial charge in [-0.1, -0.05) is 12.8 Å². The molecule has 1 aliphatic heterocycles. The van der Waals surface area contributed by atoms with Crippen LogP contribution in [0.1, 0.15) is 31.4 Å². The molecule has 0 bridgehead atoms. The minimum Gasteiger partial charge on any atom is -0.497 e. The fraction of sp³-hybridized carbons (Fsp3) is 0.474. The number of nitrogens with zero attached hydrogens (tertiary/aromatic N) is 2. The maximum Gasteiger partial charge on any atom is 0.260 e. The maximum atomic E-state index is 12.4. The number of likely N-dealkylation sites (tertiary alicyclic amines) is 1. The van der Waals surface area contributed by atoms with E-state index < -0.39 is 0 Å². The molecular weight excluding hydrogens is 304 g/mol. The molecule has 0 saturated carbocycles. The van der Waals surface area contributed by atoms with Crippen LogP contribution in [0.3, 0.4) is 0 Å². The smallest absolute Gasteiger partial charge is 0.260 e. The monoisotopic (exact) mass is 328 g/mol. The largest absolute Gasteiger partial charge is 0.497 e. The predicted octanol–water partition coefficient (Wildman–Crippen LogP) is 3.33. The van der Waals surface area contributed by atoms with Gasteiger partial charge in [-0.3, -0.25) is 9.78 Å². The molecule has 1 aromatic carbocycles. The minimum atomic E-state index is 0.0578. The van der Waals surface area contributed by atoms with Crippen LogP contribution >= 0.6 is 0 Å². The van der Waals surface area contributed by atoms with Gasteiger partial charge >= 0.3 is 0 Å². The number of hydrogen-bond donors (Lipinski definition) is 0. The Morgan fingerprint density at radius 1 is 1.17 bits per heavy atom. The van der Waals surface area contributed by atoms with Gasteiger partial charge in [-0.05, 0) is 38.0 Å². The Morgan fingerprint density at radius 2 is 1.92 bits per heavy atom. The second kappa shape index (κ2) is 7.51. The average Bonchev–Trinajstić information content (AvgIpc) is 2.88. The number of methoxy groups -OCH3 is 1. The van der Waals surface area contributed by atoms with E-state index in [0.717, 1.165) is 48.3 Å². The lowest BCUT2D eigenvalue weighted by Gasteiger charge is -2.20. The Hall–Kier alpha value is -2.30. The first-order valence-electron chi connectivity index (χ1n) is 8.53. The molecule has 24 heavy (non-hydrogen) atoms. The highest BCUT2D eigenvalue weighted by molar-refractivity contribution is 5.87. The Balaban J connectivity index is 1.77. The van der Waals surface area contributed by atoms with Gasteiger partial charge in [-0.15, -0.1) is 0 Å². The molecule has 0 N–H and O–H groups in total. The highest BCUT2D eigenvalue weighted by Gasteiger charge is 2.17. The Labute approximate surface area is 142 Å². The number of amides is 1. The Morgan fingerprint density at radius 3 is 2.62 bits per heavy atom. The number of hydrogen-bond acceptors (Lipinski definition) is 4. The normalized spacial score (nSPS) is 15.2. The molecule has 0 unspecified atom stereocenters. The molecule has 0 aliphatic carbocycles. The highest BCUT2D eigenvalue weighted by Crippen LogP contribution is 2.29. The summed E-state index contributed by atoms with van der Waals surface area (Å²) in [4.78, 5) is 18.9. The van der Waals surface area contributed by atoms with Crippen LogP contribution < -0.4 is 9.47 Å². The van der Waals surface area contributed by atoms with Crippen molar-refractivity contribution in [1.82, 2.24) is 9.88 Å². The summed E-state index contributed by atoms with van der Waals surface area (Å²) in [6.07, 6.45) is 4.58. The molecule has 128 valence electrons. The van der Waals surface area contributed by atoms with E-state index in [4.69, 9.17) is 9.47 Å². The van der Waals surface area contributed by atoms with Crippen LogP contribution in [-0.4, -0.2) is 42.6 Å². The zero-order chi connectivity index (χ0) is 16.9. The number of fused-ring (bicyclic) bond motifs is 1. The number of carbonyl (C=O) groups is 1. The minimum absolute atomic E-state index is 0.0578. The fourth-order valence-electron chi connectivity index (χ4n) is 3.10. The molecular formula is C19H24N2O3. The van der Waals surface area contributed by atoms with Crippen molar-refractivity contribution in [2.75, 3.05) is 26.8 Å². The molecule has 0 spiro atoms. The van der Waals surface area contributed by atoms with Crippen LogP contribution in [0.4, 0.5) is 0 Å². The fourth-order valence-corrected chi connectivity index (χ4v) is 3.10. The Bertz CT molecular complexity index is 722. The van der Waals surface area contributed by atoms with Crippen molar-refractivity contribution in [3.8, 4) is 11.5 Å². The van der Waals surface area contributed by atoms with Crippen LogP contribution in [0.25, 0.3) is 10.9 Å². The lowest BCUT2D eigenvalue weighted by Crippen LogP contribution is -2.35. The lowest BCUT2D eigenvalue weighted by molar-refractivity contribution is -0.133. The summed E-state index contributed by atoms with van der Waals surface area (Å²) in [7, 11) is 1.63. The molecule has 5 nitrogen and oxygen atoms in total. The third-order valence-electron chi connectivity index (χ3n) is 4.42. The first-order chi connectivity index (χ1) is 11.7. The first kappa shape index (κ1) is 16.6. The number of ether oxygens (including phenoxy) is 2. The van der Waals surface area contributed by atoms with Crippen LogP contribution in [0, 0.1) is 6.92 Å². The van der Waals surface area contributed by atoms with E-state index in [1.54, 1.807) is 7.11 Å². The molecule has 5 heteroatoms. The van der Waals surface area contributed by atoms with Gasteiger partial charge in [-0.2, -0.15) is 0 Å². The van der Waals surface area contributed by atoms with Crippen molar-refractivity contribution in [3.05, 3.63) is 30.0 Å². The van der Waals surface area contributed by atoms with Gasteiger partial charge in [0.25, 0.3) is 5.91 Å². The van der Waals surface area contributed by atoms with E-state index in [9.17, 15) is 4.79 Å². The summed E-state index contributed by atoms with van der Waals surface area (Å²) in [6, 6.07) is 7.55. The van der Waals surface area contributed by atoms with Crippen molar-refractivity contribution in [2.24, 2.45) is 0 Å². The van der Waals surface area contributed by atoms with Gasteiger partial charge < -0.3 is 14.4 Å². The van der Waals surface area contributed by atoms with E-state index in [1.807, 2.05) is 36.1 Å². The number of carbonyl (C=O) groups excluding carboxylic acids is 1. The summed E-state index contributed by atoms with van der Waals surface area (Å²) < 4.78 is 11.2. The Kier molecular flexibility index (Phi) is 5.18. The summed E-state index contributed by atoms with van der Waals surface area (Å²) in [5.74, 6) is 1.49. The zero-order valence-corrected chi connectivity index (χ0v) is 14.4. The number of aromatic nitrogens is 1. The van der Waals surface area contributed by atoms with Gasteiger partial charge in [0, 0.05) is 30.2 Å².